The van der Waals surface area contributed by atoms with Gasteiger partial charge in [0.2, 0.25) is 0 Å². The number of nitrogens with one attached hydrogen (secondary N) is 1. The molecule has 1 atom stereocenters. The highest BCUT2D eigenvalue weighted by Crippen LogP contribution is 2.30. The zero-order valence-corrected chi connectivity index (χ0v) is 13.4. The molecular formula is C14H13BrCl2N2. The Morgan fingerprint density at radius 2 is 1.68 bits per heavy atom. The van der Waals surface area contributed by atoms with Crippen molar-refractivity contribution < 1.29 is 0 Å². The highest BCUT2D eigenvalue weighted by Gasteiger charge is 2.14. The van der Waals surface area contributed by atoms with Gasteiger partial charge in [-0.1, -0.05) is 41.4 Å². The number of rotatable bonds is 3. The van der Waals surface area contributed by atoms with E-state index in [1.807, 2.05) is 43.3 Å². The van der Waals surface area contributed by atoms with E-state index in [1.165, 1.54) is 0 Å². The molecule has 0 fully saturated rings. The van der Waals surface area contributed by atoms with Crippen LogP contribution in [0.5, 0.6) is 0 Å². The summed E-state index contributed by atoms with van der Waals surface area (Å²) in [5.74, 6) is 5.67. The molecule has 2 aromatic carbocycles. The maximum absolute atomic E-state index is 6.16. The first kappa shape index (κ1) is 14.8. The van der Waals surface area contributed by atoms with Crippen molar-refractivity contribution in [2.24, 2.45) is 5.84 Å². The average Bonchev–Trinajstić information content (AvgIpc) is 2.39. The molecular weight excluding hydrogens is 347 g/mol. The lowest BCUT2D eigenvalue weighted by Gasteiger charge is -2.18. The Balaban J connectivity index is 2.43. The molecule has 2 aromatic rings. The lowest BCUT2D eigenvalue weighted by Crippen LogP contribution is -2.28. The molecule has 0 aliphatic heterocycles. The van der Waals surface area contributed by atoms with Crippen molar-refractivity contribution in [2.75, 3.05) is 0 Å². The van der Waals surface area contributed by atoms with Crippen molar-refractivity contribution >= 4 is 39.1 Å². The summed E-state index contributed by atoms with van der Waals surface area (Å²) in [5, 5.41) is 1.40. The summed E-state index contributed by atoms with van der Waals surface area (Å²) in [6, 6.07) is 11.5. The van der Waals surface area contributed by atoms with Crippen molar-refractivity contribution in [3.63, 3.8) is 0 Å². The summed E-state index contributed by atoms with van der Waals surface area (Å²) in [6.45, 7) is 1.97. The molecule has 0 aliphatic carbocycles. The third-order valence-corrected chi connectivity index (χ3v) is 4.59. The predicted octanol–water partition coefficient (Wildman–Crippen LogP) is 4.62. The highest BCUT2D eigenvalue weighted by atomic mass is 79.9. The van der Waals surface area contributed by atoms with E-state index >= 15 is 0 Å². The fourth-order valence-electron chi connectivity index (χ4n) is 1.87. The molecule has 5 heteroatoms. The molecule has 1 unspecified atom stereocenters. The van der Waals surface area contributed by atoms with Gasteiger partial charge < -0.3 is 0 Å². The Kier molecular flexibility index (Phi) is 4.87. The Hall–Kier alpha value is -0.580. The molecule has 0 radical (unpaired) electrons. The van der Waals surface area contributed by atoms with Crippen molar-refractivity contribution in [1.82, 2.24) is 5.43 Å². The summed E-state index contributed by atoms with van der Waals surface area (Å²) in [7, 11) is 0. The maximum atomic E-state index is 6.16. The van der Waals surface area contributed by atoms with E-state index in [1.54, 1.807) is 0 Å². The molecule has 0 heterocycles. The third kappa shape index (κ3) is 3.30. The average molecular weight is 360 g/mol. The second kappa shape index (κ2) is 6.25. The van der Waals surface area contributed by atoms with E-state index in [4.69, 9.17) is 29.0 Å². The standard InChI is InChI=1S/C14H13BrCl2N2/c1-8-2-3-10(7-13(8)17)14(19-18)9-4-5-12(16)11(15)6-9/h2-7,14,19H,18H2,1H3. The zero-order valence-electron chi connectivity index (χ0n) is 10.3. The van der Waals surface area contributed by atoms with Crippen LogP contribution in [0.4, 0.5) is 0 Å². The van der Waals surface area contributed by atoms with Gasteiger partial charge in [0, 0.05) is 9.50 Å². The summed E-state index contributed by atoms with van der Waals surface area (Å²) < 4.78 is 0.838. The Labute approximate surface area is 131 Å². The molecule has 3 N–H and O–H groups in total. The normalized spacial score (nSPS) is 12.5. The van der Waals surface area contributed by atoms with Crippen LogP contribution in [0, 0.1) is 6.92 Å². The van der Waals surface area contributed by atoms with Gasteiger partial charge in [-0.2, -0.15) is 0 Å². The molecule has 2 rings (SSSR count). The largest absolute Gasteiger partial charge is 0.271 e. The van der Waals surface area contributed by atoms with Crippen LogP contribution in [0.15, 0.2) is 40.9 Å². The molecule has 0 aromatic heterocycles. The lowest BCUT2D eigenvalue weighted by atomic mass is 9.98. The SMILES string of the molecule is Cc1ccc(C(NN)c2ccc(Cl)c(Br)c2)cc1Cl. The predicted molar refractivity (Wildman–Crippen MR) is 84.5 cm³/mol. The van der Waals surface area contributed by atoms with E-state index < -0.39 is 0 Å². The molecule has 19 heavy (non-hydrogen) atoms. The van der Waals surface area contributed by atoms with E-state index in [-0.39, 0.29) is 6.04 Å². The summed E-state index contributed by atoms with van der Waals surface area (Å²) in [5.41, 5.74) is 5.87. The first-order chi connectivity index (χ1) is 9.02. The van der Waals surface area contributed by atoms with Gasteiger partial charge in [-0.25, -0.2) is 5.43 Å². The molecule has 0 amide bonds. The fourth-order valence-corrected chi connectivity index (χ4v) is 2.57. The number of halogens is 3. The number of nitrogens with two attached hydrogens (primary N) is 1. The van der Waals surface area contributed by atoms with Gasteiger partial charge in [0.1, 0.15) is 0 Å². The van der Waals surface area contributed by atoms with Crippen LogP contribution < -0.4 is 11.3 Å². The number of hydrazine groups is 1. The topological polar surface area (TPSA) is 38.0 Å². The van der Waals surface area contributed by atoms with Crippen LogP contribution in [0.3, 0.4) is 0 Å². The number of hydrogen-bond donors (Lipinski definition) is 2. The molecule has 100 valence electrons. The monoisotopic (exact) mass is 358 g/mol. The van der Waals surface area contributed by atoms with Crippen LogP contribution in [0.2, 0.25) is 10.0 Å². The quantitative estimate of drug-likeness (QED) is 0.620. The molecule has 2 nitrogen and oxygen atoms in total. The van der Waals surface area contributed by atoms with Gasteiger partial charge >= 0.3 is 0 Å². The number of hydrogen-bond acceptors (Lipinski definition) is 2. The Bertz CT molecular complexity index is 550. The first-order valence-electron chi connectivity index (χ1n) is 5.70. The van der Waals surface area contributed by atoms with E-state index in [9.17, 15) is 0 Å². The maximum Gasteiger partial charge on any atom is 0.0711 e. The van der Waals surface area contributed by atoms with E-state index in [0.717, 1.165) is 26.2 Å². The van der Waals surface area contributed by atoms with Crippen LogP contribution in [0.25, 0.3) is 0 Å². The van der Waals surface area contributed by atoms with Crippen molar-refractivity contribution in [3.05, 3.63) is 67.6 Å². The van der Waals surface area contributed by atoms with Crippen LogP contribution in [-0.2, 0) is 0 Å². The van der Waals surface area contributed by atoms with Crippen LogP contribution >= 0.6 is 39.1 Å². The minimum atomic E-state index is -0.133. The Morgan fingerprint density at radius 3 is 2.26 bits per heavy atom. The summed E-state index contributed by atoms with van der Waals surface area (Å²) >= 11 is 15.6. The van der Waals surface area contributed by atoms with Crippen LogP contribution in [0.1, 0.15) is 22.7 Å². The van der Waals surface area contributed by atoms with Crippen molar-refractivity contribution in [2.45, 2.75) is 13.0 Å². The van der Waals surface area contributed by atoms with E-state index in [0.29, 0.717) is 5.02 Å². The molecule has 0 saturated carbocycles. The molecule has 0 bridgehead atoms. The van der Waals surface area contributed by atoms with Gasteiger partial charge in [-0.15, -0.1) is 0 Å². The highest BCUT2D eigenvalue weighted by molar-refractivity contribution is 9.10. The van der Waals surface area contributed by atoms with Gasteiger partial charge in [0.15, 0.2) is 0 Å². The number of aryl methyl sites for hydroxylation is 1. The van der Waals surface area contributed by atoms with Crippen molar-refractivity contribution in [1.29, 1.82) is 0 Å². The second-order valence-electron chi connectivity index (χ2n) is 4.28. The van der Waals surface area contributed by atoms with Gasteiger partial charge in [-0.3, -0.25) is 5.84 Å². The van der Waals surface area contributed by atoms with Gasteiger partial charge in [0.25, 0.3) is 0 Å². The van der Waals surface area contributed by atoms with Crippen LogP contribution in [-0.4, -0.2) is 0 Å². The zero-order chi connectivity index (χ0) is 14.0. The molecule has 0 aliphatic rings. The fraction of sp³-hybridized carbons (Fsp3) is 0.143. The van der Waals surface area contributed by atoms with Crippen molar-refractivity contribution in [3.8, 4) is 0 Å². The summed E-state index contributed by atoms with van der Waals surface area (Å²) in [6.07, 6.45) is 0. The number of benzene rings is 2. The Morgan fingerprint density at radius 1 is 1.05 bits per heavy atom. The van der Waals surface area contributed by atoms with E-state index in [2.05, 4.69) is 21.4 Å². The third-order valence-electron chi connectivity index (χ3n) is 2.97. The second-order valence-corrected chi connectivity index (χ2v) is 5.95. The minimum Gasteiger partial charge on any atom is -0.271 e. The molecule has 0 spiro atoms. The van der Waals surface area contributed by atoms with Gasteiger partial charge in [-0.05, 0) is 57.7 Å². The smallest absolute Gasteiger partial charge is 0.0711 e. The first-order valence-corrected chi connectivity index (χ1v) is 7.25. The summed E-state index contributed by atoms with van der Waals surface area (Å²) in [4.78, 5) is 0. The minimum absolute atomic E-state index is 0.133. The lowest BCUT2D eigenvalue weighted by molar-refractivity contribution is 0.636. The van der Waals surface area contributed by atoms with Gasteiger partial charge in [0.05, 0.1) is 11.1 Å². The molecule has 0 saturated heterocycles.